The molecule has 70 valence electrons. The van der Waals surface area contributed by atoms with Gasteiger partial charge in [-0.05, 0) is 11.6 Å². The van der Waals surface area contributed by atoms with Gasteiger partial charge in [0.25, 0.3) is 0 Å². The third-order valence-corrected chi connectivity index (χ3v) is 1.95. The number of rotatable bonds is 2. The maximum atomic E-state index is 12.9. The first kappa shape index (κ1) is 10.1. The molecule has 0 amide bonds. The van der Waals surface area contributed by atoms with Gasteiger partial charge in [-0.2, -0.15) is 0 Å². The molecule has 1 N–H and O–H groups in total. The van der Waals surface area contributed by atoms with Crippen LogP contribution in [0.1, 0.15) is 5.56 Å². The zero-order chi connectivity index (χ0) is 10.0. The van der Waals surface area contributed by atoms with Crippen molar-refractivity contribution in [2.24, 2.45) is 0 Å². The van der Waals surface area contributed by atoms with E-state index in [2.05, 4.69) is 9.24 Å². The quantitative estimate of drug-likeness (QED) is 0.732. The lowest BCUT2D eigenvalue weighted by atomic mass is 10.1. The number of carbonyl (C=O) groups is 1. The molecular formula is C8H7F2O2P. The van der Waals surface area contributed by atoms with Crippen LogP contribution in [0.25, 0.3) is 0 Å². The molecule has 1 rings (SSSR count). The van der Waals surface area contributed by atoms with E-state index in [1.807, 2.05) is 0 Å². The molecule has 0 heterocycles. The molecule has 0 aliphatic heterocycles. The number of carboxylic acid groups (broad SMARTS) is 1. The molecule has 0 aromatic heterocycles. The van der Waals surface area contributed by atoms with E-state index < -0.39 is 24.0 Å². The average Bonchev–Trinajstić information content (AvgIpc) is 1.99. The second kappa shape index (κ2) is 3.79. The lowest BCUT2D eigenvalue weighted by Crippen LogP contribution is -2.08. The van der Waals surface area contributed by atoms with E-state index in [4.69, 9.17) is 5.11 Å². The van der Waals surface area contributed by atoms with Gasteiger partial charge >= 0.3 is 5.97 Å². The zero-order valence-electron chi connectivity index (χ0n) is 6.55. The summed E-state index contributed by atoms with van der Waals surface area (Å²) in [6.45, 7) is 0. The number of aliphatic carboxylic acids is 1. The van der Waals surface area contributed by atoms with Gasteiger partial charge in [0.15, 0.2) is 0 Å². The van der Waals surface area contributed by atoms with Gasteiger partial charge < -0.3 is 5.11 Å². The van der Waals surface area contributed by atoms with Gasteiger partial charge in [0.2, 0.25) is 0 Å². The van der Waals surface area contributed by atoms with Gasteiger partial charge in [-0.25, -0.2) is 8.78 Å². The van der Waals surface area contributed by atoms with Crippen molar-refractivity contribution in [3.63, 3.8) is 0 Å². The van der Waals surface area contributed by atoms with Crippen LogP contribution in [-0.4, -0.2) is 11.1 Å². The first-order valence-corrected chi connectivity index (χ1v) is 4.03. The van der Waals surface area contributed by atoms with E-state index in [-0.39, 0.29) is 10.9 Å². The Morgan fingerprint density at radius 3 is 2.54 bits per heavy atom. The largest absolute Gasteiger partial charge is 0.481 e. The van der Waals surface area contributed by atoms with E-state index in [1.165, 1.54) is 6.07 Å². The van der Waals surface area contributed by atoms with Crippen molar-refractivity contribution >= 4 is 20.5 Å². The van der Waals surface area contributed by atoms with E-state index in [0.29, 0.717) is 6.07 Å². The maximum Gasteiger partial charge on any atom is 0.307 e. The normalized spacial score (nSPS) is 10.1. The summed E-state index contributed by atoms with van der Waals surface area (Å²) < 4.78 is 25.6. The Kier molecular flexibility index (Phi) is 2.94. The predicted molar refractivity (Wildman–Crippen MR) is 47.0 cm³/mol. The third-order valence-electron chi connectivity index (χ3n) is 1.51. The monoisotopic (exact) mass is 204 g/mol. The predicted octanol–water partition coefficient (Wildman–Crippen LogP) is 1.09. The Morgan fingerprint density at radius 1 is 1.38 bits per heavy atom. The molecule has 0 aliphatic rings. The lowest BCUT2D eigenvalue weighted by molar-refractivity contribution is -0.136. The fourth-order valence-corrected chi connectivity index (χ4v) is 1.20. The van der Waals surface area contributed by atoms with Crippen molar-refractivity contribution in [2.75, 3.05) is 0 Å². The molecule has 1 atom stereocenters. The molecule has 2 nitrogen and oxygen atoms in total. The minimum atomic E-state index is -1.14. The van der Waals surface area contributed by atoms with Crippen LogP contribution in [0.2, 0.25) is 0 Å². The van der Waals surface area contributed by atoms with Gasteiger partial charge in [-0.15, -0.1) is 9.24 Å². The van der Waals surface area contributed by atoms with Gasteiger partial charge in [0.1, 0.15) is 11.6 Å². The van der Waals surface area contributed by atoms with E-state index >= 15 is 0 Å². The lowest BCUT2D eigenvalue weighted by Gasteiger charge is -2.02. The molecule has 0 spiro atoms. The fourth-order valence-electron chi connectivity index (χ4n) is 0.911. The molecular weight excluding hydrogens is 197 g/mol. The Bertz CT molecular complexity index is 352. The number of halogens is 2. The van der Waals surface area contributed by atoms with Crippen LogP contribution in [0.4, 0.5) is 8.78 Å². The third kappa shape index (κ3) is 2.46. The van der Waals surface area contributed by atoms with E-state index in [9.17, 15) is 13.6 Å². The van der Waals surface area contributed by atoms with Crippen LogP contribution in [0.3, 0.4) is 0 Å². The number of hydrogen-bond acceptors (Lipinski definition) is 1. The summed E-state index contributed by atoms with van der Waals surface area (Å²) in [6.07, 6.45) is -0.437. The topological polar surface area (TPSA) is 37.3 Å². The molecule has 0 saturated carbocycles. The molecule has 0 bridgehead atoms. The molecule has 0 radical (unpaired) electrons. The minimum absolute atomic E-state index is 0.0149. The van der Waals surface area contributed by atoms with Gasteiger partial charge in [0, 0.05) is 11.4 Å². The fraction of sp³-hybridized carbons (Fsp3) is 0.125. The molecule has 1 aromatic rings. The van der Waals surface area contributed by atoms with Crippen molar-refractivity contribution in [2.45, 2.75) is 6.42 Å². The highest BCUT2D eigenvalue weighted by molar-refractivity contribution is 7.27. The Labute approximate surface area is 75.8 Å². The van der Waals surface area contributed by atoms with Crippen LogP contribution in [-0.2, 0) is 11.2 Å². The van der Waals surface area contributed by atoms with Crippen LogP contribution >= 0.6 is 9.24 Å². The van der Waals surface area contributed by atoms with Crippen molar-refractivity contribution in [3.8, 4) is 0 Å². The zero-order valence-corrected chi connectivity index (χ0v) is 7.71. The second-order valence-corrected chi connectivity index (χ2v) is 3.16. The minimum Gasteiger partial charge on any atom is -0.481 e. The van der Waals surface area contributed by atoms with Gasteiger partial charge in [-0.1, -0.05) is 0 Å². The second-order valence-electron chi connectivity index (χ2n) is 2.54. The van der Waals surface area contributed by atoms with Crippen molar-refractivity contribution in [1.82, 2.24) is 0 Å². The van der Waals surface area contributed by atoms with Crippen LogP contribution in [0, 0.1) is 11.6 Å². The van der Waals surface area contributed by atoms with Crippen molar-refractivity contribution in [1.29, 1.82) is 0 Å². The van der Waals surface area contributed by atoms with E-state index in [1.54, 1.807) is 0 Å². The Morgan fingerprint density at radius 2 is 2.00 bits per heavy atom. The van der Waals surface area contributed by atoms with Crippen molar-refractivity contribution in [3.05, 3.63) is 29.3 Å². The summed E-state index contributed by atoms with van der Waals surface area (Å²) in [5.41, 5.74) is -0.0149. The summed E-state index contributed by atoms with van der Waals surface area (Å²) in [6, 6.07) is 1.85. The number of carboxylic acids is 1. The van der Waals surface area contributed by atoms with Crippen LogP contribution in [0.15, 0.2) is 12.1 Å². The molecule has 1 unspecified atom stereocenters. The maximum absolute atomic E-state index is 12.9. The molecule has 0 fully saturated rings. The first-order chi connectivity index (χ1) is 6.00. The summed E-state index contributed by atoms with van der Waals surface area (Å²) in [5, 5.41) is 8.55. The summed E-state index contributed by atoms with van der Waals surface area (Å²) in [5.74, 6) is -2.67. The van der Waals surface area contributed by atoms with Crippen molar-refractivity contribution < 1.29 is 18.7 Å². The number of benzene rings is 1. The Hall–Kier alpha value is -1.02. The standard InChI is InChI=1S/C8H7F2O2P/c9-5-3-6(10)7(13)1-4(5)2-8(11)12/h1,3H,2,13H2,(H,11,12). The summed E-state index contributed by atoms with van der Waals surface area (Å²) in [4.78, 5) is 10.2. The highest BCUT2D eigenvalue weighted by Gasteiger charge is 2.09. The average molecular weight is 204 g/mol. The molecule has 0 aliphatic carbocycles. The summed E-state index contributed by atoms with van der Waals surface area (Å²) >= 11 is 0. The highest BCUT2D eigenvalue weighted by atomic mass is 31.0. The van der Waals surface area contributed by atoms with E-state index in [0.717, 1.165) is 0 Å². The SMILES string of the molecule is O=C(O)Cc1cc(P)c(F)cc1F. The molecule has 0 saturated heterocycles. The molecule has 5 heteroatoms. The molecule has 13 heavy (non-hydrogen) atoms. The van der Waals surface area contributed by atoms with Gasteiger partial charge in [0.05, 0.1) is 6.42 Å². The van der Waals surface area contributed by atoms with Gasteiger partial charge in [-0.3, -0.25) is 4.79 Å². The first-order valence-electron chi connectivity index (χ1n) is 3.46. The smallest absolute Gasteiger partial charge is 0.307 e. The number of hydrogen-bond donors (Lipinski definition) is 1. The highest BCUT2D eigenvalue weighted by Crippen LogP contribution is 2.10. The summed E-state index contributed by atoms with van der Waals surface area (Å²) in [7, 11) is 2.07. The van der Waals surface area contributed by atoms with Crippen LogP contribution < -0.4 is 5.30 Å². The molecule has 1 aromatic carbocycles. The Balaban J connectivity index is 3.08. The van der Waals surface area contributed by atoms with Crippen LogP contribution in [0.5, 0.6) is 0 Å².